The van der Waals surface area contributed by atoms with Crippen LogP contribution in [0.25, 0.3) is 0 Å². The van der Waals surface area contributed by atoms with Crippen molar-refractivity contribution in [3.63, 3.8) is 0 Å². The summed E-state index contributed by atoms with van der Waals surface area (Å²) < 4.78 is 0. The Morgan fingerprint density at radius 2 is 1.61 bits per heavy atom. The van der Waals surface area contributed by atoms with Gasteiger partial charge in [-0.1, -0.05) is 0 Å². The third kappa shape index (κ3) is 14.6. The van der Waals surface area contributed by atoms with E-state index in [1.54, 1.807) is 0 Å². The normalized spacial score (nSPS) is 13.1. The molecule has 0 aliphatic carbocycles. The van der Waals surface area contributed by atoms with Crippen molar-refractivity contribution in [2.24, 2.45) is 22.2 Å². The summed E-state index contributed by atoms with van der Waals surface area (Å²) in [5, 5.41) is 18.0. The van der Waals surface area contributed by atoms with Gasteiger partial charge in [-0.05, 0) is 38.2 Å². The maximum Gasteiger partial charge on any atom is 0.322 e. The van der Waals surface area contributed by atoms with Crippen molar-refractivity contribution in [1.82, 2.24) is 21.3 Å². The number of carboxylic acids is 1. The monoisotopic (exact) mass is 490 g/mol. The third-order valence-electron chi connectivity index (χ3n) is 4.16. The van der Waals surface area contributed by atoms with Gasteiger partial charge in [0.05, 0.1) is 12.6 Å². The average molecular weight is 491 g/mol. The number of nitrogens with zero attached hydrogens (tertiary/aromatic N) is 1. The van der Waals surface area contributed by atoms with Crippen LogP contribution in [0.3, 0.4) is 0 Å². The molecule has 0 saturated carbocycles. The standard InChI is InChI=1S/C18H34N8O6S/c1-10(15(30)24-9-14(28)29)25-13(27)8-23-17(32)12(4-3-6-22-18(20)21)26-16(31)11(19)5-7-33-2/h10-12H,3-9,19H2,1-2H3,(H,23,32)(H,24,30)(H,25,27)(H,26,31)(H,28,29)(H4,20,21,22)/t10-,11-,12-/m0/s1. The highest BCUT2D eigenvalue weighted by molar-refractivity contribution is 7.98. The van der Waals surface area contributed by atoms with Crippen molar-refractivity contribution in [3.05, 3.63) is 0 Å². The second-order valence-corrected chi connectivity index (χ2v) is 8.00. The van der Waals surface area contributed by atoms with E-state index in [0.717, 1.165) is 0 Å². The summed E-state index contributed by atoms with van der Waals surface area (Å²) in [7, 11) is 0. The summed E-state index contributed by atoms with van der Waals surface area (Å²) in [5.74, 6) is -3.14. The molecule has 11 N–H and O–H groups in total. The van der Waals surface area contributed by atoms with Gasteiger partial charge in [0.15, 0.2) is 5.96 Å². The van der Waals surface area contributed by atoms with Gasteiger partial charge in [-0.2, -0.15) is 11.8 Å². The molecule has 0 heterocycles. The number of aliphatic carboxylic acids is 1. The van der Waals surface area contributed by atoms with Crippen LogP contribution in [0.2, 0.25) is 0 Å². The van der Waals surface area contributed by atoms with Crippen LogP contribution in [-0.2, 0) is 24.0 Å². The van der Waals surface area contributed by atoms with Crippen LogP contribution < -0.4 is 38.5 Å². The molecule has 0 fully saturated rings. The lowest BCUT2D eigenvalue weighted by Crippen LogP contribution is -2.54. The second-order valence-electron chi connectivity index (χ2n) is 7.02. The molecular formula is C18H34N8O6S. The van der Waals surface area contributed by atoms with Crippen LogP contribution in [0.15, 0.2) is 4.99 Å². The van der Waals surface area contributed by atoms with E-state index in [1.165, 1.54) is 18.7 Å². The van der Waals surface area contributed by atoms with Crippen LogP contribution in [0.5, 0.6) is 0 Å². The lowest BCUT2D eigenvalue weighted by Gasteiger charge is -2.21. The largest absolute Gasteiger partial charge is 0.480 e. The van der Waals surface area contributed by atoms with E-state index in [9.17, 15) is 24.0 Å². The smallest absolute Gasteiger partial charge is 0.322 e. The number of hydrogen-bond acceptors (Lipinski definition) is 8. The highest BCUT2D eigenvalue weighted by Crippen LogP contribution is 2.02. The third-order valence-corrected chi connectivity index (χ3v) is 4.80. The van der Waals surface area contributed by atoms with Crippen LogP contribution in [-0.4, -0.2) is 90.4 Å². The molecule has 0 bridgehead atoms. The molecule has 0 aromatic carbocycles. The predicted octanol–water partition coefficient (Wildman–Crippen LogP) is -3.57. The SMILES string of the molecule is CSCC[C@H](N)C(=O)N[C@@H](CCCN=C(N)N)C(=O)NCC(=O)N[C@@H](C)C(=O)NCC(=O)O. The Hall–Kier alpha value is -3.07. The molecule has 0 radical (unpaired) electrons. The van der Waals surface area contributed by atoms with E-state index in [2.05, 4.69) is 26.3 Å². The van der Waals surface area contributed by atoms with Gasteiger partial charge in [0.1, 0.15) is 18.6 Å². The number of nitrogens with one attached hydrogen (secondary N) is 4. The number of guanidine groups is 1. The minimum Gasteiger partial charge on any atom is -0.480 e. The number of amides is 4. The van der Waals surface area contributed by atoms with Crippen LogP contribution in [0, 0.1) is 0 Å². The zero-order chi connectivity index (χ0) is 25.4. The number of rotatable bonds is 16. The fraction of sp³-hybridized carbons (Fsp3) is 0.667. The summed E-state index contributed by atoms with van der Waals surface area (Å²) >= 11 is 1.53. The molecule has 33 heavy (non-hydrogen) atoms. The van der Waals surface area contributed by atoms with Crippen molar-refractivity contribution < 1.29 is 29.1 Å². The molecule has 3 atom stereocenters. The Kier molecular flexibility index (Phi) is 15.0. The number of carbonyl (C=O) groups excluding carboxylic acids is 4. The van der Waals surface area contributed by atoms with E-state index in [1.807, 2.05) is 6.26 Å². The maximum absolute atomic E-state index is 12.6. The molecular weight excluding hydrogens is 456 g/mol. The van der Waals surface area contributed by atoms with Crippen molar-refractivity contribution in [3.8, 4) is 0 Å². The minimum atomic E-state index is -1.23. The maximum atomic E-state index is 12.6. The van der Waals surface area contributed by atoms with Crippen LogP contribution in [0.4, 0.5) is 0 Å². The molecule has 0 saturated heterocycles. The Bertz CT molecular complexity index is 716. The van der Waals surface area contributed by atoms with E-state index >= 15 is 0 Å². The zero-order valence-corrected chi connectivity index (χ0v) is 19.6. The summed E-state index contributed by atoms with van der Waals surface area (Å²) in [6.45, 7) is 0.549. The Labute approximate surface area is 196 Å². The minimum absolute atomic E-state index is 0.0997. The first-order valence-electron chi connectivity index (χ1n) is 10.1. The first-order valence-corrected chi connectivity index (χ1v) is 11.5. The molecule has 0 spiro atoms. The van der Waals surface area contributed by atoms with Crippen LogP contribution in [0.1, 0.15) is 26.2 Å². The van der Waals surface area contributed by atoms with Gasteiger partial charge in [0, 0.05) is 6.54 Å². The van der Waals surface area contributed by atoms with Gasteiger partial charge in [-0.15, -0.1) is 0 Å². The summed E-state index contributed by atoms with van der Waals surface area (Å²) in [4.78, 5) is 62.9. The van der Waals surface area contributed by atoms with Gasteiger partial charge in [0.25, 0.3) is 0 Å². The van der Waals surface area contributed by atoms with Crippen molar-refractivity contribution in [2.75, 3.05) is 31.6 Å². The quantitative estimate of drug-likeness (QED) is 0.0600. The Balaban J connectivity index is 4.83. The van der Waals surface area contributed by atoms with Gasteiger partial charge in [-0.3, -0.25) is 29.0 Å². The summed E-state index contributed by atoms with van der Waals surface area (Å²) in [6, 6.07) is -2.78. The number of carbonyl (C=O) groups is 5. The fourth-order valence-corrected chi connectivity index (χ4v) is 2.88. The molecule has 0 aliphatic rings. The molecule has 4 amide bonds. The molecule has 0 rings (SSSR count). The lowest BCUT2D eigenvalue weighted by atomic mass is 10.1. The zero-order valence-electron chi connectivity index (χ0n) is 18.8. The average Bonchev–Trinajstić information content (AvgIpc) is 2.75. The first kappa shape index (κ1) is 29.9. The van der Waals surface area contributed by atoms with Gasteiger partial charge < -0.3 is 43.6 Å². The lowest BCUT2D eigenvalue weighted by molar-refractivity contribution is -0.138. The first-order chi connectivity index (χ1) is 15.5. The number of nitrogens with two attached hydrogens (primary N) is 3. The van der Waals surface area contributed by atoms with Crippen molar-refractivity contribution >= 4 is 47.3 Å². The summed E-state index contributed by atoms with van der Waals surface area (Å²) in [6.07, 6.45) is 2.88. The predicted molar refractivity (Wildman–Crippen MR) is 124 cm³/mol. The highest BCUT2D eigenvalue weighted by Gasteiger charge is 2.24. The Morgan fingerprint density at radius 3 is 2.18 bits per heavy atom. The fourth-order valence-electron chi connectivity index (χ4n) is 2.39. The van der Waals surface area contributed by atoms with Gasteiger partial charge in [0.2, 0.25) is 23.6 Å². The second kappa shape index (κ2) is 16.5. The van der Waals surface area contributed by atoms with Crippen molar-refractivity contribution in [2.45, 2.75) is 44.3 Å². The molecule has 0 aliphatic heterocycles. The molecule has 0 unspecified atom stereocenters. The molecule has 0 aromatic rings. The number of aliphatic imine (C=N–C) groups is 1. The van der Waals surface area contributed by atoms with Gasteiger partial charge >= 0.3 is 5.97 Å². The summed E-state index contributed by atoms with van der Waals surface area (Å²) in [5.41, 5.74) is 16.4. The van der Waals surface area contributed by atoms with Crippen molar-refractivity contribution in [1.29, 1.82) is 0 Å². The topological polar surface area (TPSA) is 244 Å². The number of hydrogen-bond donors (Lipinski definition) is 8. The Morgan fingerprint density at radius 1 is 0.970 bits per heavy atom. The highest BCUT2D eigenvalue weighted by atomic mass is 32.2. The van der Waals surface area contributed by atoms with E-state index in [0.29, 0.717) is 18.6 Å². The van der Waals surface area contributed by atoms with Gasteiger partial charge in [-0.25, -0.2) is 0 Å². The number of thioether (sulfide) groups is 1. The van der Waals surface area contributed by atoms with E-state index in [4.69, 9.17) is 22.3 Å². The van der Waals surface area contributed by atoms with Crippen LogP contribution >= 0.6 is 11.8 Å². The molecule has 188 valence electrons. The number of carboxylic acid groups (broad SMARTS) is 1. The van der Waals surface area contributed by atoms with E-state index < -0.39 is 60.8 Å². The molecule has 15 heteroatoms. The van der Waals surface area contributed by atoms with E-state index in [-0.39, 0.29) is 18.9 Å². The molecule has 0 aromatic heterocycles. The molecule has 14 nitrogen and oxygen atoms in total.